The summed E-state index contributed by atoms with van der Waals surface area (Å²) < 4.78 is 0. The molecule has 0 amide bonds. The summed E-state index contributed by atoms with van der Waals surface area (Å²) in [4.78, 5) is 4.35. The zero-order valence-corrected chi connectivity index (χ0v) is 10.4. The van der Waals surface area contributed by atoms with E-state index < -0.39 is 0 Å². The monoisotopic (exact) mass is 226 g/mol. The third kappa shape index (κ3) is 4.18. The summed E-state index contributed by atoms with van der Waals surface area (Å²) in [6.45, 7) is 7.20. The first-order valence-corrected chi connectivity index (χ1v) is 5.80. The summed E-state index contributed by atoms with van der Waals surface area (Å²) in [5.41, 5.74) is 2.41. The smallest absolute Gasteiger partial charge is 0.0570 e. The molecule has 1 N–H and O–H groups in total. The molecule has 1 heterocycles. The van der Waals surface area contributed by atoms with Crippen LogP contribution in [0.3, 0.4) is 0 Å². The normalized spacial score (nSPS) is 11.7. The number of halogens is 1. The molecule has 2 nitrogen and oxygen atoms in total. The predicted octanol–water partition coefficient (Wildman–Crippen LogP) is 2.89. The highest BCUT2D eigenvalue weighted by molar-refractivity contribution is 6.17. The van der Waals surface area contributed by atoms with Crippen molar-refractivity contribution >= 4 is 11.6 Å². The molecule has 0 spiro atoms. The Morgan fingerprint density at radius 2 is 2.20 bits per heavy atom. The minimum absolute atomic E-state index is 0.0751. The molecule has 0 atom stereocenters. The lowest BCUT2D eigenvalue weighted by molar-refractivity contribution is 0.374. The summed E-state index contributed by atoms with van der Waals surface area (Å²) in [7, 11) is 0. The van der Waals surface area contributed by atoms with E-state index in [0.717, 1.165) is 18.7 Å². The standard InChI is InChI=1S/C12H19ClN2/c1-10-5-4-8-14-11(10)9-15-12(2,3)6-7-13/h4-5,8,15H,6-7,9H2,1-3H3. The average Bonchev–Trinajstić information content (AvgIpc) is 2.16. The van der Waals surface area contributed by atoms with Gasteiger partial charge in [-0.3, -0.25) is 4.98 Å². The summed E-state index contributed by atoms with van der Waals surface area (Å²) >= 11 is 5.74. The molecule has 0 aromatic carbocycles. The van der Waals surface area contributed by atoms with Gasteiger partial charge in [0.15, 0.2) is 0 Å². The van der Waals surface area contributed by atoms with Crippen LogP contribution >= 0.6 is 11.6 Å². The highest BCUT2D eigenvalue weighted by Crippen LogP contribution is 2.11. The lowest BCUT2D eigenvalue weighted by Gasteiger charge is -2.25. The molecule has 0 aliphatic carbocycles. The van der Waals surface area contributed by atoms with Crippen LogP contribution in [0.2, 0.25) is 0 Å². The summed E-state index contributed by atoms with van der Waals surface area (Å²) in [6, 6.07) is 4.04. The lowest BCUT2D eigenvalue weighted by atomic mass is 10.0. The molecule has 0 unspecified atom stereocenters. The van der Waals surface area contributed by atoms with Crippen molar-refractivity contribution in [2.75, 3.05) is 5.88 Å². The fourth-order valence-electron chi connectivity index (χ4n) is 1.35. The molecular weight excluding hydrogens is 208 g/mol. The first-order chi connectivity index (χ1) is 7.05. The second-order valence-corrected chi connectivity index (χ2v) is 4.82. The van der Waals surface area contributed by atoms with Crippen LogP contribution in [-0.4, -0.2) is 16.4 Å². The maximum Gasteiger partial charge on any atom is 0.0570 e. The molecule has 0 saturated carbocycles. The van der Waals surface area contributed by atoms with Crippen molar-refractivity contribution in [3.05, 3.63) is 29.6 Å². The molecule has 3 heteroatoms. The van der Waals surface area contributed by atoms with E-state index in [-0.39, 0.29) is 5.54 Å². The highest BCUT2D eigenvalue weighted by Gasteiger charge is 2.16. The van der Waals surface area contributed by atoms with Crippen molar-refractivity contribution in [3.63, 3.8) is 0 Å². The Labute approximate surface area is 97.1 Å². The molecule has 0 radical (unpaired) electrons. The third-order valence-electron chi connectivity index (χ3n) is 2.57. The minimum Gasteiger partial charge on any atom is -0.306 e. The number of aryl methyl sites for hydroxylation is 1. The molecule has 15 heavy (non-hydrogen) atoms. The van der Waals surface area contributed by atoms with Gasteiger partial charge in [-0.25, -0.2) is 0 Å². The fourth-order valence-corrected chi connectivity index (χ4v) is 1.82. The number of nitrogens with zero attached hydrogens (tertiary/aromatic N) is 1. The first kappa shape index (κ1) is 12.5. The Hall–Kier alpha value is -0.600. The Bertz CT molecular complexity index is 310. The number of hydrogen-bond acceptors (Lipinski definition) is 2. The van der Waals surface area contributed by atoms with Crippen LogP contribution in [0.15, 0.2) is 18.3 Å². The zero-order chi connectivity index (χ0) is 11.3. The van der Waals surface area contributed by atoms with Gasteiger partial charge in [-0.1, -0.05) is 6.07 Å². The van der Waals surface area contributed by atoms with Crippen molar-refractivity contribution < 1.29 is 0 Å². The Balaban J connectivity index is 2.53. The van der Waals surface area contributed by atoms with E-state index in [4.69, 9.17) is 11.6 Å². The van der Waals surface area contributed by atoms with Crippen molar-refractivity contribution in [3.8, 4) is 0 Å². The maximum absolute atomic E-state index is 5.74. The molecule has 0 aliphatic rings. The number of pyridine rings is 1. The van der Waals surface area contributed by atoms with Gasteiger partial charge in [-0.05, 0) is 38.8 Å². The quantitative estimate of drug-likeness (QED) is 0.781. The van der Waals surface area contributed by atoms with Crippen molar-refractivity contribution in [1.29, 1.82) is 0 Å². The molecule has 0 fully saturated rings. The van der Waals surface area contributed by atoms with E-state index in [2.05, 4.69) is 37.1 Å². The van der Waals surface area contributed by atoms with Crippen LogP contribution in [0.25, 0.3) is 0 Å². The van der Waals surface area contributed by atoms with Crippen LogP contribution < -0.4 is 5.32 Å². The van der Waals surface area contributed by atoms with Crippen LogP contribution in [0.1, 0.15) is 31.5 Å². The first-order valence-electron chi connectivity index (χ1n) is 5.27. The van der Waals surface area contributed by atoms with Crippen LogP contribution in [-0.2, 0) is 6.54 Å². The number of aromatic nitrogens is 1. The molecule has 1 aromatic heterocycles. The molecule has 0 aliphatic heterocycles. The maximum atomic E-state index is 5.74. The van der Waals surface area contributed by atoms with Crippen LogP contribution in [0.5, 0.6) is 0 Å². The van der Waals surface area contributed by atoms with Crippen molar-refractivity contribution in [2.45, 2.75) is 39.3 Å². The second kappa shape index (κ2) is 5.47. The Morgan fingerprint density at radius 3 is 2.80 bits per heavy atom. The Kier molecular flexibility index (Phi) is 4.55. The SMILES string of the molecule is Cc1cccnc1CNC(C)(C)CCCl. The van der Waals surface area contributed by atoms with Crippen molar-refractivity contribution in [1.82, 2.24) is 10.3 Å². The Morgan fingerprint density at radius 1 is 1.47 bits per heavy atom. The van der Waals surface area contributed by atoms with Gasteiger partial charge in [-0.2, -0.15) is 0 Å². The predicted molar refractivity (Wildman–Crippen MR) is 65.2 cm³/mol. The van der Waals surface area contributed by atoms with Gasteiger partial charge >= 0.3 is 0 Å². The summed E-state index contributed by atoms with van der Waals surface area (Å²) in [5, 5.41) is 3.47. The van der Waals surface area contributed by atoms with Gasteiger partial charge in [0.1, 0.15) is 0 Å². The molecule has 0 saturated heterocycles. The lowest BCUT2D eigenvalue weighted by Crippen LogP contribution is -2.39. The van der Waals surface area contributed by atoms with E-state index in [1.54, 1.807) is 0 Å². The van der Waals surface area contributed by atoms with Gasteiger partial charge in [0.2, 0.25) is 0 Å². The summed E-state index contributed by atoms with van der Waals surface area (Å²) in [6.07, 6.45) is 2.79. The topological polar surface area (TPSA) is 24.9 Å². The molecule has 84 valence electrons. The average molecular weight is 227 g/mol. The second-order valence-electron chi connectivity index (χ2n) is 4.44. The molecule has 1 rings (SSSR count). The largest absolute Gasteiger partial charge is 0.306 e. The van der Waals surface area contributed by atoms with E-state index in [0.29, 0.717) is 5.88 Å². The number of rotatable bonds is 5. The van der Waals surface area contributed by atoms with Gasteiger partial charge in [0.05, 0.1) is 5.69 Å². The third-order valence-corrected chi connectivity index (χ3v) is 2.76. The van der Waals surface area contributed by atoms with Gasteiger partial charge in [0.25, 0.3) is 0 Å². The molecule has 0 bridgehead atoms. The highest BCUT2D eigenvalue weighted by atomic mass is 35.5. The van der Waals surface area contributed by atoms with Gasteiger partial charge in [0, 0.05) is 24.2 Å². The molecule has 1 aromatic rings. The van der Waals surface area contributed by atoms with Crippen LogP contribution in [0.4, 0.5) is 0 Å². The van der Waals surface area contributed by atoms with Crippen molar-refractivity contribution in [2.24, 2.45) is 0 Å². The molecular formula is C12H19ClN2. The minimum atomic E-state index is 0.0751. The van der Waals surface area contributed by atoms with E-state index in [1.807, 2.05) is 12.3 Å². The van der Waals surface area contributed by atoms with Gasteiger partial charge < -0.3 is 5.32 Å². The van der Waals surface area contributed by atoms with E-state index in [9.17, 15) is 0 Å². The number of alkyl halides is 1. The van der Waals surface area contributed by atoms with E-state index >= 15 is 0 Å². The van der Waals surface area contributed by atoms with Gasteiger partial charge in [-0.15, -0.1) is 11.6 Å². The van der Waals surface area contributed by atoms with Crippen LogP contribution in [0, 0.1) is 6.92 Å². The summed E-state index contributed by atoms with van der Waals surface area (Å²) in [5.74, 6) is 0.682. The zero-order valence-electron chi connectivity index (χ0n) is 9.68. The number of nitrogens with one attached hydrogen (secondary N) is 1. The number of hydrogen-bond donors (Lipinski definition) is 1. The van der Waals surface area contributed by atoms with E-state index in [1.165, 1.54) is 5.56 Å². The fraction of sp³-hybridized carbons (Fsp3) is 0.583.